The summed E-state index contributed by atoms with van der Waals surface area (Å²) >= 11 is 2.30. The molecule has 1 aromatic rings. The summed E-state index contributed by atoms with van der Waals surface area (Å²) in [7, 11) is 1.23. The van der Waals surface area contributed by atoms with Crippen LogP contribution in [-0.2, 0) is 19.2 Å². The van der Waals surface area contributed by atoms with Crippen molar-refractivity contribution in [2.45, 2.75) is 23.9 Å². The Bertz CT molecular complexity index is 724. The number of nitrogens with zero attached hydrogens (tertiary/aromatic N) is 2. The van der Waals surface area contributed by atoms with Gasteiger partial charge in [-0.15, -0.1) is 23.1 Å². The number of anilines is 1. The molecular formula is C13H17N5O6S2. The minimum absolute atomic E-state index is 0.142. The molecule has 0 aliphatic carbocycles. The van der Waals surface area contributed by atoms with E-state index < -0.39 is 35.3 Å². The topological polar surface area (TPSA) is 176 Å². The number of hydrogen-bond acceptors (Lipinski definition) is 10. The summed E-state index contributed by atoms with van der Waals surface area (Å²) in [4.78, 5) is 43.8. The molecule has 0 spiro atoms. The second kappa shape index (κ2) is 8.82. The molecule has 13 heteroatoms. The van der Waals surface area contributed by atoms with Crippen LogP contribution in [0.1, 0.15) is 12.1 Å². The van der Waals surface area contributed by atoms with Crippen molar-refractivity contribution in [3.63, 3.8) is 0 Å². The maximum absolute atomic E-state index is 12.5. The second-order valence-corrected chi connectivity index (χ2v) is 7.26. The van der Waals surface area contributed by atoms with Crippen LogP contribution in [0.2, 0.25) is 0 Å². The monoisotopic (exact) mass is 403 g/mol. The van der Waals surface area contributed by atoms with E-state index in [9.17, 15) is 19.5 Å². The van der Waals surface area contributed by atoms with E-state index in [1.807, 2.05) is 0 Å². The SMILES string of the molecule is CO/N=C(\C(=O)NC(C(=O)O)[C@@H]1NC(C(=O)O)CCS1)c1csc(N)n1. The number of hydrogen-bond donors (Lipinski definition) is 5. The molecule has 3 atom stereocenters. The molecule has 142 valence electrons. The van der Waals surface area contributed by atoms with Gasteiger partial charge in [0.2, 0.25) is 0 Å². The van der Waals surface area contributed by atoms with Crippen LogP contribution in [0, 0.1) is 0 Å². The number of rotatable bonds is 7. The Hall–Kier alpha value is -2.38. The summed E-state index contributed by atoms with van der Waals surface area (Å²) in [6.07, 6.45) is 0.352. The van der Waals surface area contributed by atoms with E-state index >= 15 is 0 Å². The fourth-order valence-electron chi connectivity index (χ4n) is 2.20. The lowest BCUT2D eigenvalue weighted by Gasteiger charge is -2.32. The molecule has 0 saturated carbocycles. The number of carbonyl (C=O) groups excluding carboxylic acids is 1. The molecule has 2 heterocycles. The Labute approximate surface area is 156 Å². The third kappa shape index (κ3) is 4.83. The van der Waals surface area contributed by atoms with Gasteiger partial charge in [-0.25, -0.2) is 9.78 Å². The second-order valence-electron chi connectivity index (χ2n) is 5.12. The van der Waals surface area contributed by atoms with Gasteiger partial charge < -0.3 is 26.1 Å². The molecule has 0 bridgehead atoms. The number of nitrogens with two attached hydrogens (primary N) is 1. The number of nitrogens with one attached hydrogen (secondary N) is 2. The Kier molecular flexibility index (Phi) is 6.76. The smallest absolute Gasteiger partial charge is 0.328 e. The lowest BCUT2D eigenvalue weighted by molar-refractivity contribution is -0.143. The van der Waals surface area contributed by atoms with Gasteiger partial charge in [0, 0.05) is 5.38 Å². The van der Waals surface area contributed by atoms with E-state index in [0.29, 0.717) is 12.2 Å². The van der Waals surface area contributed by atoms with Gasteiger partial charge in [0.15, 0.2) is 16.9 Å². The van der Waals surface area contributed by atoms with E-state index in [0.717, 1.165) is 11.3 Å². The Morgan fingerprint density at radius 3 is 2.77 bits per heavy atom. The van der Waals surface area contributed by atoms with Crippen molar-refractivity contribution in [2.75, 3.05) is 18.6 Å². The van der Waals surface area contributed by atoms with Crippen molar-refractivity contribution in [1.29, 1.82) is 0 Å². The highest BCUT2D eigenvalue weighted by molar-refractivity contribution is 8.00. The molecule has 1 aliphatic heterocycles. The number of carbonyl (C=O) groups is 3. The molecule has 2 rings (SSSR count). The molecule has 0 aromatic carbocycles. The first-order valence-electron chi connectivity index (χ1n) is 7.30. The average Bonchev–Trinajstić information content (AvgIpc) is 3.03. The maximum atomic E-state index is 12.5. The lowest BCUT2D eigenvalue weighted by atomic mass is 10.2. The van der Waals surface area contributed by atoms with Gasteiger partial charge in [-0.1, -0.05) is 5.16 Å². The van der Waals surface area contributed by atoms with Crippen molar-refractivity contribution in [3.05, 3.63) is 11.1 Å². The van der Waals surface area contributed by atoms with Crippen LogP contribution in [-0.4, -0.2) is 69.1 Å². The number of thiazole rings is 1. The van der Waals surface area contributed by atoms with E-state index in [-0.39, 0.29) is 16.5 Å². The molecule has 1 aliphatic rings. The standard InChI is InChI=1S/C13H17N5O6S2/c1-24-18-7(6-4-26-13(14)16-6)9(19)17-8(12(22)23)10-15-5(11(20)21)2-3-25-10/h4-5,8,10,15H,2-3H2,1H3,(H2,14,16)(H,17,19)(H,20,21)(H,22,23)/b18-7-/t5?,8?,10-/m1/s1. The van der Waals surface area contributed by atoms with Gasteiger partial charge in [-0.05, 0) is 12.2 Å². The summed E-state index contributed by atoms with van der Waals surface area (Å²) in [5, 5.41) is 28.1. The molecule has 1 amide bonds. The predicted octanol–water partition coefficient (Wildman–Crippen LogP) is -0.849. The van der Waals surface area contributed by atoms with Crippen molar-refractivity contribution in [2.24, 2.45) is 5.16 Å². The molecule has 26 heavy (non-hydrogen) atoms. The van der Waals surface area contributed by atoms with E-state index in [2.05, 4.69) is 25.6 Å². The van der Waals surface area contributed by atoms with Crippen LogP contribution in [0.3, 0.4) is 0 Å². The van der Waals surface area contributed by atoms with Gasteiger partial charge in [0.1, 0.15) is 18.8 Å². The van der Waals surface area contributed by atoms with E-state index in [4.69, 9.17) is 10.8 Å². The molecule has 1 saturated heterocycles. The van der Waals surface area contributed by atoms with Crippen molar-refractivity contribution in [3.8, 4) is 0 Å². The summed E-state index contributed by atoms with van der Waals surface area (Å²) in [6, 6.07) is -2.27. The fraction of sp³-hybridized carbons (Fsp3) is 0.462. The molecule has 1 fully saturated rings. The summed E-state index contributed by atoms with van der Waals surface area (Å²) in [5.74, 6) is -2.78. The summed E-state index contributed by atoms with van der Waals surface area (Å²) < 4.78 is 0. The third-order valence-electron chi connectivity index (χ3n) is 3.39. The molecule has 1 aromatic heterocycles. The van der Waals surface area contributed by atoms with Crippen LogP contribution in [0.5, 0.6) is 0 Å². The first-order chi connectivity index (χ1) is 12.3. The van der Waals surface area contributed by atoms with Crippen molar-refractivity contribution >= 4 is 51.8 Å². The predicted molar refractivity (Wildman–Crippen MR) is 95.1 cm³/mol. The zero-order chi connectivity index (χ0) is 19.3. The highest BCUT2D eigenvalue weighted by Gasteiger charge is 2.37. The van der Waals surface area contributed by atoms with Gasteiger partial charge in [0.25, 0.3) is 5.91 Å². The Morgan fingerprint density at radius 2 is 2.23 bits per heavy atom. The summed E-state index contributed by atoms with van der Waals surface area (Å²) in [6.45, 7) is 0. The van der Waals surface area contributed by atoms with Crippen LogP contribution < -0.4 is 16.4 Å². The van der Waals surface area contributed by atoms with Crippen LogP contribution in [0.15, 0.2) is 10.5 Å². The first kappa shape index (κ1) is 19.9. The van der Waals surface area contributed by atoms with E-state index in [1.54, 1.807) is 0 Å². The normalized spacial score (nSPS) is 21.7. The lowest BCUT2D eigenvalue weighted by Crippen LogP contribution is -2.59. The van der Waals surface area contributed by atoms with Gasteiger partial charge in [-0.2, -0.15) is 0 Å². The molecule has 2 unspecified atom stereocenters. The number of carboxylic acid groups (broad SMARTS) is 2. The van der Waals surface area contributed by atoms with Crippen LogP contribution in [0.25, 0.3) is 0 Å². The van der Waals surface area contributed by atoms with Crippen molar-refractivity contribution in [1.82, 2.24) is 15.6 Å². The molecule has 11 nitrogen and oxygen atoms in total. The minimum Gasteiger partial charge on any atom is -0.480 e. The van der Waals surface area contributed by atoms with Crippen LogP contribution in [0.4, 0.5) is 5.13 Å². The maximum Gasteiger partial charge on any atom is 0.328 e. The van der Waals surface area contributed by atoms with Crippen molar-refractivity contribution < 1.29 is 29.4 Å². The number of aliphatic carboxylic acids is 2. The van der Waals surface area contributed by atoms with Gasteiger partial charge in [-0.3, -0.25) is 14.9 Å². The fourth-order valence-corrected chi connectivity index (χ4v) is 4.01. The quantitative estimate of drug-likeness (QED) is 0.285. The Morgan fingerprint density at radius 1 is 1.50 bits per heavy atom. The molecule has 6 N–H and O–H groups in total. The zero-order valence-electron chi connectivity index (χ0n) is 13.5. The number of carboxylic acids is 2. The van der Waals surface area contributed by atoms with E-state index in [1.165, 1.54) is 24.3 Å². The third-order valence-corrected chi connectivity index (χ3v) is 5.30. The first-order valence-corrected chi connectivity index (χ1v) is 9.23. The summed E-state index contributed by atoms with van der Waals surface area (Å²) in [5.41, 5.74) is 5.45. The number of amides is 1. The molecular weight excluding hydrogens is 386 g/mol. The number of oxime groups is 1. The number of aromatic nitrogens is 1. The van der Waals surface area contributed by atoms with Gasteiger partial charge in [0.05, 0.1) is 5.37 Å². The Balaban J connectivity index is 2.17. The van der Waals surface area contributed by atoms with Crippen LogP contribution >= 0.6 is 23.1 Å². The highest BCUT2D eigenvalue weighted by Crippen LogP contribution is 2.22. The number of thioether (sulfide) groups is 1. The minimum atomic E-state index is -1.38. The molecule has 0 radical (unpaired) electrons. The highest BCUT2D eigenvalue weighted by atomic mass is 32.2. The number of nitrogen functional groups attached to an aromatic ring is 1. The van der Waals surface area contributed by atoms with Gasteiger partial charge >= 0.3 is 11.9 Å². The largest absolute Gasteiger partial charge is 0.480 e. The zero-order valence-corrected chi connectivity index (χ0v) is 15.2. The average molecular weight is 403 g/mol.